The lowest BCUT2D eigenvalue weighted by Crippen LogP contribution is -2.09. The van der Waals surface area contributed by atoms with E-state index < -0.39 is 0 Å². The SMILES string of the molecule is Cc1nc(CNc2cccc3c2CCCC3)no1. The topological polar surface area (TPSA) is 51.0 Å². The van der Waals surface area contributed by atoms with Gasteiger partial charge in [-0.3, -0.25) is 0 Å². The first kappa shape index (κ1) is 11.3. The minimum atomic E-state index is 0.613. The highest BCUT2D eigenvalue weighted by molar-refractivity contribution is 5.55. The summed E-state index contributed by atoms with van der Waals surface area (Å²) in [5.74, 6) is 1.32. The van der Waals surface area contributed by atoms with Crippen molar-refractivity contribution in [3.63, 3.8) is 0 Å². The molecule has 0 fully saturated rings. The van der Waals surface area contributed by atoms with E-state index in [9.17, 15) is 0 Å². The van der Waals surface area contributed by atoms with Crippen LogP contribution in [0.15, 0.2) is 22.7 Å². The summed E-state index contributed by atoms with van der Waals surface area (Å²) in [6.45, 7) is 2.43. The van der Waals surface area contributed by atoms with Gasteiger partial charge < -0.3 is 9.84 Å². The molecule has 0 radical (unpaired) electrons. The Morgan fingerprint density at radius 1 is 1.28 bits per heavy atom. The van der Waals surface area contributed by atoms with E-state index in [1.807, 2.05) is 0 Å². The van der Waals surface area contributed by atoms with Gasteiger partial charge in [0.15, 0.2) is 5.82 Å². The van der Waals surface area contributed by atoms with Gasteiger partial charge in [0.1, 0.15) is 0 Å². The lowest BCUT2D eigenvalue weighted by atomic mass is 9.90. The van der Waals surface area contributed by atoms with Crippen LogP contribution in [0.1, 0.15) is 35.7 Å². The number of nitrogens with zero attached hydrogens (tertiary/aromatic N) is 2. The molecule has 2 aromatic rings. The van der Waals surface area contributed by atoms with Crippen LogP contribution in [0.3, 0.4) is 0 Å². The number of benzene rings is 1. The number of aromatic nitrogens is 2. The van der Waals surface area contributed by atoms with Gasteiger partial charge in [0.05, 0.1) is 6.54 Å². The Bertz CT molecular complexity index is 548. The predicted molar refractivity (Wildman–Crippen MR) is 69.4 cm³/mol. The Kier molecular flexibility index (Phi) is 3.00. The van der Waals surface area contributed by atoms with Gasteiger partial charge in [0, 0.05) is 12.6 Å². The molecule has 4 heteroatoms. The molecule has 18 heavy (non-hydrogen) atoms. The van der Waals surface area contributed by atoms with E-state index in [1.165, 1.54) is 42.5 Å². The van der Waals surface area contributed by atoms with E-state index in [2.05, 4.69) is 33.7 Å². The van der Waals surface area contributed by atoms with Crippen LogP contribution < -0.4 is 5.32 Å². The van der Waals surface area contributed by atoms with Gasteiger partial charge in [0.2, 0.25) is 5.89 Å². The molecule has 0 spiro atoms. The maximum atomic E-state index is 4.96. The standard InChI is InChI=1S/C14H17N3O/c1-10-16-14(17-18-10)9-15-13-8-4-6-11-5-2-3-7-12(11)13/h4,6,8,15H,2-3,5,7,9H2,1H3. The zero-order chi connectivity index (χ0) is 12.4. The Balaban J connectivity index is 1.76. The van der Waals surface area contributed by atoms with E-state index in [0.29, 0.717) is 18.3 Å². The van der Waals surface area contributed by atoms with Gasteiger partial charge in [0.25, 0.3) is 0 Å². The number of fused-ring (bicyclic) bond motifs is 1. The fraction of sp³-hybridized carbons (Fsp3) is 0.429. The third-order valence-electron chi connectivity index (χ3n) is 3.40. The van der Waals surface area contributed by atoms with Crippen molar-refractivity contribution in [2.24, 2.45) is 0 Å². The first-order chi connectivity index (χ1) is 8.83. The quantitative estimate of drug-likeness (QED) is 0.900. The maximum Gasteiger partial charge on any atom is 0.223 e. The Hall–Kier alpha value is -1.84. The second-order valence-corrected chi connectivity index (χ2v) is 4.73. The van der Waals surface area contributed by atoms with Gasteiger partial charge in [-0.1, -0.05) is 17.3 Å². The summed E-state index contributed by atoms with van der Waals surface area (Å²) in [6.07, 6.45) is 4.96. The molecule has 3 rings (SSSR count). The van der Waals surface area contributed by atoms with Gasteiger partial charge in [-0.2, -0.15) is 4.98 Å². The second kappa shape index (κ2) is 4.80. The predicted octanol–water partition coefficient (Wildman–Crippen LogP) is 2.87. The average Bonchev–Trinajstić information content (AvgIpc) is 2.82. The van der Waals surface area contributed by atoms with Crippen LogP contribution >= 0.6 is 0 Å². The van der Waals surface area contributed by atoms with Crippen molar-refractivity contribution in [2.75, 3.05) is 5.32 Å². The fourth-order valence-corrected chi connectivity index (χ4v) is 2.53. The van der Waals surface area contributed by atoms with Crippen molar-refractivity contribution in [3.8, 4) is 0 Å². The van der Waals surface area contributed by atoms with Crippen LogP contribution in [0.2, 0.25) is 0 Å². The van der Waals surface area contributed by atoms with Gasteiger partial charge >= 0.3 is 0 Å². The van der Waals surface area contributed by atoms with Gasteiger partial charge in [-0.15, -0.1) is 0 Å². The molecule has 0 saturated heterocycles. The number of hydrogen-bond acceptors (Lipinski definition) is 4. The molecule has 1 heterocycles. The van der Waals surface area contributed by atoms with Crippen molar-refractivity contribution in [1.82, 2.24) is 10.1 Å². The molecular weight excluding hydrogens is 226 g/mol. The first-order valence-electron chi connectivity index (χ1n) is 6.47. The van der Waals surface area contributed by atoms with E-state index in [1.54, 1.807) is 6.92 Å². The first-order valence-corrected chi connectivity index (χ1v) is 6.47. The minimum absolute atomic E-state index is 0.613. The molecule has 0 saturated carbocycles. The van der Waals surface area contributed by atoms with E-state index >= 15 is 0 Å². The third kappa shape index (κ3) is 2.23. The number of aryl methyl sites for hydroxylation is 2. The minimum Gasteiger partial charge on any atom is -0.377 e. The Morgan fingerprint density at radius 3 is 3.00 bits per heavy atom. The number of hydrogen-bond donors (Lipinski definition) is 1. The van der Waals surface area contributed by atoms with Crippen LogP contribution in [0.25, 0.3) is 0 Å². The molecule has 1 aromatic heterocycles. The average molecular weight is 243 g/mol. The normalized spacial score (nSPS) is 14.3. The summed E-state index contributed by atoms with van der Waals surface area (Å²) in [5, 5.41) is 7.31. The van der Waals surface area contributed by atoms with E-state index in [-0.39, 0.29) is 0 Å². The molecule has 94 valence electrons. The fourth-order valence-electron chi connectivity index (χ4n) is 2.53. The van der Waals surface area contributed by atoms with Crippen LogP contribution in [0, 0.1) is 6.92 Å². The van der Waals surface area contributed by atoms with Crippen LogP contribution in [0.5, 0.6) is 0 Å². The summed E-state index contributed by atoms with van der Waals surface area (Å²) < 4.78 is 4.96. The third-order valence-corrected chi connectivity index (χ3v) is 3.40. The molecule has 1 aromatic carbocycles. The van der Waals surface area contributed by atoms with Crippen molar-refractivity contribution in [3.05, 3.63) is 41.0 Å². The monoisotopic (exact) mass is 243 g/mol. The molecule has 1 aliphatic carbocycles. The lowest BCUT2D eigenvalue weighted by molar-refractivity contribution is 0.388. The summed E-state index contributed by atoms with van der Waals surface area (Å²) in [4.78, 5) is 4.20. The molecule has 0 aliphatic heterocycles. The van der Waals surface area contributed by atoms with Gasteiger partial charge in [-0.05, 0) is 42.9 Å². The molecule has 0 amide bonds. The second-order valence-electron chi connectivity index (χ2n) is 4.73. The van der Waals surface area contributed by atoms with Crippen molar-refractivity contribution in [2.45, 2.75) is 39.2 Å². The highest BCUT2D eigenvalue weighted by Crippen LogP contribution is 2.27. The van der Waals surface area contributed by atoms with Gasteiger partial charge in [-0.25, -0.2) is 0 Å². The van der Waals surface area contributed by atoms with Crippen LogP contribution in [-0.4, -0.2) is 10.1 Å². The van der Waals surface area contributed by atoms with Crippen LogP contribution in [-0.2, 0) is 19.4 Å². The summed E-state index contributed by atoms with van der Waals surface area (Å²) >= 11 is 0. The summed E-state index contributed by atoms with van der Waals surface area (Å²) in [6, 6.07) is 6.49. The molecule has 1 aliphatic rings. The van der Waals surface area contributed by atoms with Crippen molar-refractivity contribution >= 4 is 5.69 Å². The highest BCUT2D eigenvalue weighted by atomic mass is 16.5. The molecule has 4 nitrogen and oxygen atoms in total. The maximum absolute atomic E-state index is 4.96. The number of nitrogens with one attached hydrogen (secondary N) is 1. The summed E-state index contributed by atoms with van der Waals surface area (Å²) in [5.41, 5.74) is 4.16. The van der Waals surface area contributed by atoms with E-state index in [0.717, 1.165) is 0 Å². The lowest BCUT2D eigenvalue weighted by Gasteiger charge is -2.19. The van der Waals surface area contributed by atoms with E-state index in [4.69, 9.17) is 4.52 Å². The number of rotatable bonds is 3. The molecule has 1 N–H and O–H groups in total. The largest absolute Gasteiger partial charge is 0.377 e. The Morgan fingerprint density at radius 2 is 2.17 bits per heavy atom. The smallest absolute Gasteiger partial charge is 0.223 e. The summed E-state index contributed by atoms with van der Waals surface area (Å²) in [7, 11) is 0. The Labute approximate surface area is 106 Å². The molecule has 0 atom stereocenters. The zero-order valence-corrected chi connectivity index (χ0v) is 10.6. The molecule has 0 bridgehead atoms. The molecular formula is C14H17N3O. The number of anilines is 1. The van der Waals surface area contributed by atoms with Crippen molar-refractivity contribution < 1.29 is 4.52 Å². The van der Waals surface area contributed by atoms with Crippen molar-refractivity contribution in [1.29, 1.82) is 0 Å². The molecule has 0 unspecified atom stereocenters. The highest BCUT2D eigenvalue weighted by Gasteiger charge is 2.13. The van der Waals surface area contributed by atoms with Crippen LogP contribution in [0.4, 0.5) is 5.69 Å². The zero-order valence-electron chi connectivity index (χ0n) is 10.6.